The standard InChI is InChI=1S/C11H6Cl2N4O/c12-6-3-15-11(13)17-10(6)9-2-1-8(18-9)7-4-14-5-16-7/h1-5H,(H,14,16). The highest BCUT2D eigenvalue weighted by atomic mass is 35.5. The maximum absolute atomic E-state index is 6.00. The Hall–Kier alpha value is -1.85. The van der Waals surface area contributed by atoms with E-state index in [0.717, 1.165) is 0 Å². The summed E-state index contributed by atoms with van der Waals surface area (Å²) in [5.74, 6) is 1.14. The summed E-state index contributed by atoms with van der Waals surface area (Å²) in [6.07, 6.45) is 4.74. The van der Waals surface area contributed by atoms with Crippen molar-refractivity contribution in [2.24, 2.45) is 0 Å². The van der Waals surface area contributed by atoms with Gasteiger partial charge in [0, 0.05) is 6.20 Å². The minimum absolute atomic E-state index is 0.118. The first-order chi connectivity index (χ1) is 8.74. The lowest BCUT2D eigenvalue weighted by Gasteiger charge is -1.99. The topological polar surface area (TPSA) is 67.6 Å². The number of hydrogen-bond donors (Lipinski definition) is 1. The first-order valence-electron chi connectivity index (χ1n) is 5.01. The van der Waals surface area contributed by atoms with Crippen LogP contribution in [0.4, 0.5) is 0 Å². The zero-order valence-corrected chi connectivity index (χ0v) is 10.4. The van der Waals surface area contributed by atoms with Gasteiger partial charge in [-0.25, -0.2) is 15.0 Å². The van der Waals surface area contributed by atoms with Crippen LogP contribution in [0.15, 0.2) is 35.3 Å². The van der Waals surface area contributed by atoms with Gasteiger partial charge in [-0.1, -0.05) is 11.6 Å². The number of H-pyrrole nitrogens is 1. The van der Waals surface area contributed by atoms with E-state index in [4.69, 9.17) is 27.6 Å². The van der Waals surface area contributed by atoms with Crippen molar-refractivity contribution < 1.29 is 4.42 Å². The van der Waals surface area contributed by atoms with E-state index in [9.17, 15) is 0 Å². The molecule has 3 aromatic rings. The number of nitrogens with one attached hydrogen (secondary N) is 1. The molecule has 0 aliphatic rings. The van der Waals surface area contributed by atoms with E-state index in [1.165, 1.54) is 6.20 Å². The SMILES string of the molecule is Clc1ncc(Cl)c(-c2ccc(-c3c[nH]cn3)o2)n1. The quantitative estimate of drug-likeness (QED) is 0.730. The summed E-state index contributed by atoms with van der Waals surface area (Å²) < 4.78 is 5.63. The molecule has 0 spiro atoms. The molecule has 90 valence electrons. The van der Waals surface area contributed by atoms with Crippen molar-refractivity contribution in [3.05, 3.63) is 41.2 Å². The summed E-state index contributed by atoms with van der Waals surface area (Å²) in [6.45, 7) is 0. The second kappa shape index (κ2) is 4.44. The molecule has 0 amide bonds. The van der Waals surface area contributed by atoms with Crippen molar-refractivity contribution in [2.75, 3.05) is 0 Å². The number of aromatic amines is 1. The molecule has 0 unspecified atom stereocenters. The van der Waals surface area contributed by atoms with Gasteiger partial charge in [0.2, 0.25) is 5.28 Å². The molecule has 0 atom stereocenters. The normalized spacial score (nSPS) is 10.8. The predicted octanol–water partition coefficient (Wildman–Crippen LogP) is 3.43. The second-order valence-corrected chi connectivity index (χ2v) is 4.20. The number of aromatic nitrogens is 4. The summed E-state index contributed by atoms with van der Waals surface area (Å²) in [7, 11) is 0. The van der Waals surface area contributed by atoms with Gasteiger partial charge in [-0.2, -0.15) is 0 Å². The van der Waals surface area contributed by atoms with Gasteiger partial charge in [0.15, 0.2) is 11.5 Å². The fraction of sp³-hybridized carbons (Fsp3) is 0. The first kappa shape index (κ1) is 11.3. The van der Waals surface area contributed by atoms with Crippen LogP contribution in [0.2, 0.25) is 10.3 Å². The molecule has 0 saturated heterocycles. The van der Waals surface area contributed by atoms with Crippen molar-refractivity contribution in [2.45, 2.75) is 0 Å². The van der Waals surface area contributed by atoms with Gasteiger partial charge >= 0.3 is 0 Å². The van der Waals surface area contributed by atoms with Crippen LogP contribution in [0.25, 0.3) is 22.9 Å². The van der Waals surface area contributed by atoms with Gasteiger partial charge in [0.05, 0.1) is 17.5 Å². The highest BCUT2D eigenvalue weighted by molar-refractivity contribution is 6.33. The number of furan rings is 1. The molecular weight excluding hydrogens is 275 g/mol. The van der Waals surface area contributed by atoms with E-state index >= 15 is 0 Å². The molecule has 1 N–H and O–H groups in total. The highest BCUT2D eigenvalue weighted by Crippen LogP contribution is 2.30. The molecule has 18 heavy (non-hydrogen) atoms. The molecule has 0 radical (unpaired) electrons. The van der Waals surface area contributed by atoms with Crippen LogP contribution in [0, 0.1) is 0 Å². The lowest BCUT2D eigenvalue weighted by atomic mass is 10.3. The average molecular weight is 281 g/mol. The van der Waals surface area contributed by atoms with Crippen LogP contribution in [0.3, 0.4) is 0 Å². The van der Waals surface area contributed by atoms with Gasteiger partial charge < -0.3 is 9.40 Å². The fourth-order valence-electron chi connectivity index (χ4n) is 1.52. The van der Waals surface area contributed by atoms with E-state index in [-0.39, 0.29) is 5.28 Å². The van der Waals surface area contributed by atoms with Crippen molar-refractivity contribution in [3.8, 4) is 22.9 Å². The molecule has 3 rings (SSSR count). The highest BCUT2D eigenvalue weighted by Gasteiger charge is 2.13. The van der Waals surface area contributed by atoms with Gasteiger partial charge in [-0.15, -0.1) is 0 Å². The van der Waals surface area contributed by atoms with E-state index in [2.05, 4.69) is 19.9 Å². The fourth-order valence-corrected chi connectivity index (χ4v) is 1.83. The number of imidazole rings is 1. The summed E-state index contributed by atoms with van der Waals surface area (Å²) in [5.41, 5.74) is 1.16. The van der Waals surface area contributed by atoms with E-state index in [0.29, 0.717) is 27.9 Å². The lowest BCUT2D eigenvalue weighted by Crippen LogP contribution is -1.87. The molecule has 7 heteroatoms. The van der Waals surface area contributed by atoms with E-state index < -0.39 is 0 Å². The molecule has 0 aliphatic heterocycles. The van der Waals surface area contributed by atoms with Crippen LogP contribution in [0.1, 0.15) is 0 Å². The Morgan fingerprint density at radius 3 is 2.72 bits per heavy atom. The largest absolute Gasteiger partial charge is 0.453 e. The average Bonchev–Trinajstić information content (AvgIpc) is 3.00. The zero-order valence-electron chi connectivity index (χ0n) is 8.89. The molecule has 0 aromatic carbocycles. The Kier molecular flexibility index (Phi) is 2.77. The third-order valence-electron chi connectivity index (χ3n) is 2.30. The smallest absolute Gasteiger partial charge is 0.223 e. The van der Waals surface area contributed by atoms with Gasteiger partial charge in [0.1, 0.15) is 11.4 Å². The van der Waals surface area contributed by atoms with E-state index in [1.807, 2.05) is 0 Å². The number of nitrogens with zero attached hydrogens (tertiary/aromatic N) is 3. The lowest BCUT2D eigenvalue weighted by molar-refractivity contribution is 0.593. The Bertz CT molecular complexity index is 678. The predicted molar refractivity (Wildman–Crippen MR) is 67.3 cm³/mol. The summed E-state index contributed by atoms with van der Waals surface area (Å²) >= 11 is 11.7. The molecule has 0 fully saturated rings. The Morgan fingerprint density at radius 1 is 1.11 bits per heavy atom. The second-order valence-electron chi connectivity index (χ2n) is 3.45. The first-order valence-corrected chi connectivity index (χ1v) is 5.77. The Labute approximate surface area is 112 Å². The molecular formula is C11H6Cl2N4O. The third kappa shape index (κ3) is 1.98. The van der Waals surface area contributed by atoms with Crippen LogP contribution >= 0.6 is 23.2 Å². The molecule has 0 aliphatic carbocycles. The number of hydrogen-bond acceptors (Lipinski definition) is 4. The van der Waals surface area contributed by atoms with Crippen LogP contribution in [-0.2, 0) is 0 Å². The van der Waals surface area contributed by atoms with Crippen molar-refractivity contribution in [1.82, 2.24) is 19.9 Å². The van der Waals surface area contributed by atoms with Crippen molar-refractivity contribution in [3.63, 3.8) is 0 Å². The van der Waals surface area contributed by atoms with Crippen LogP contribution in [-0.4, -0.2) is 19.9 Å². The monoisotopic (exact) mass is 280 g/mol. The molecule has 5 nitrogen and oxygen atoms in total. The maximum atomic E-state index is 6.00. The van der Waals surface area contributed by atoms with E-state index in [1.54, 1.807) is 24.7 Å². The molecule has 0 saturated carbocycles. The minimum atomic E-state index is 0.118. The molecule has 0 bridgehead atoms. The zero-order chi connectivity index (χ0) is 12.5. The third-order valence-corrected chi connectivity index (χ3v) is 2.76. The van der Waals surface area contributed by atoms with Crippen molar-refractivity contribution >= 4 is 23.2 Å². The molecule has 3 aromatic heterocycles. The number of halogens is 2. The summed E-state index contributed by atoms with van der Waals surface area (Å²) in [5, 5.41) is 0.495. The van der Waals surface area contributed by atoms with Gasteiger partial charge in [0.25, 0.3) is 0 Å². The summed E-state index contributed by atoms with van der Waals surface area (Å²) in [4.78, 5) is 14.8. The molecule has 3 heterocycles. The summed E-state index contributed by atoms with van der Waals surface area (Å²) in [6, 6.07) is 3.55. The van der Waals surface area contributed by atoms with Gasteiger partial charge in [-0.05, 0) is 23.7 Å². The van der Waals surface area contributed by atoms with Crippen LogP contribution in [0.5, 0.6) is 0 Å². The Morgan fingerprint density at radius 2 is 1.94 bits per heavy atom. The number of rotatable bonds is 2. The van der Waals surface area contributed by atoms with Crippen LogP contribution < -0.4 is 0 Å². The Balaban J connectivity index is 2.05. The van der Waals surface area contributed by atoms with Gasteiger partial charge in [-0.3, -0.25) is 0 Å². The minimum Gasteiger partial charge on any atom is -0.453 e. The van der Waals surface area contributed by atoms with Crippen molar-refractivity contribution in [1.29, 1.82) is 0 Å². The maximum Gasteiger partial charge on any atom is 0.223 e.